The molecule has 0 saturated carbocycles. The molecule has 1 fully saturated rings. The maximum atomic E-state index is 9.39. The molecule has 0 spiro atoms. The minimum absolute atomic E-state index is 0.550. The normalized spacial score (nSPS) is 18.7. The molecular weight excluding hydrogens is 248 g/mol. The monoisotopic (exact) mass is 266 g/mol. The third kappa shape index (κ3) is 2.10. The SMILES string of the molecule is CN(C)C1CCN(c2c(C#N)cnc3ccccc23)C1. The summed E-state index contributed by atoms with van der Waals surface area (Å²) in [4.78, 5) is 8.96. The van der Waals surface area contributed by atoms with Crippen LogP contribution in [0.1, 0.15) is 12.0 Å². The number of nitriles is 1. The van der Waals surface area contributed by atoms with Crippen LogP contribution in [-0.2, 0) is 0 Å². The van der Waals surface area contributed by atoms with Gasteiger partial charge in [0.2, 0.25) is 0 Å². The van der Waals surface area contributed by atoms with Gasteiger partial charge in [-0.05, 0) is 26.6 Å². The molecule has 102 valence electrons. The Labute approximate surface area is 119 Å². The lowest BCUT2D eigenvalue weighted by Crippen LogP contribution is -2.31. The minimum Gasteiger partial charge on any atom is -0.368 e. The van der Waals surface area contributed by atoms with Crippen LogP contribution in [0.4, 0.5) is 5.69 Å². The van der Waals surface area contributed by atoms with Crippen molar-refractivity contribution in [3.63, 3.8) is 0 Å². The zero-order chi connectivity index (χ0) is 14.1. The maximum absolute atomic E-state index is 9.39. The number of aromatic nitrogens is 1. The predicted molar refractivity (Wildman–Crippen MR) is 80.8 cm³/mol. The maximum Gasteiger partial charge on any atom is 0.103 e. The summed E-state index contributed by atoms with van der Waals surface area (Å²) >= 11 is 0. The van der Waals surface area contributed by atoms with Crippen LogP contribution in [-0.4, -0.2) is 43.1 Å². The van der Waals surface area contributed by atoms with Crippen molar-refractivity contribution in [2.45, 2.75) is 12.5 Å². The van der Waals surface area contributed by atoms with E-state index in [-0.39, 0.29) is 0 Å². The van der Waals surface area contributed by atoms with Gasteiger partial charge in [-0.25, -0.2) is 0 Å². The van der Waals surface area contributed by atoms with Crippen LogP contribution in [0.25, 0.3) is 10.9 Å². The first-order chi connectivity index (χ1) is 9.70. The van der Waals surface area contributed by atoms with E-state index in [4.69, 9.17) is 0 Å². The van der Waals surface area contributed by atoms with E-state index in [1.54, 1.807) is 6.20 Å². The summed E-state index contributed by atoms with van der Waals surface area (Å²) in [5.74, 6) is 0. The second-order valence-corrected chi connectivity index (χ2v) is 5.50. The van der Waals surface area contributed by atoms with E-state index in [2.05, 4.69) is 41.0 Å². The smallest absolute Gasteiger partial charge is 0.103 e. The van der Waals surface area contributed by atoms with Crippen molar-refractivity contribution < 1.29 is 0 Å². The summed E-state index contributed by atoms with van der Waals surface area (Å²) in [7, 11) is 4.23. The highest BCUT2D eigenvalue weighted by Crippen LogP contribution is 2.32. The van der Waals surface area contributed by atoms with Crippen molar-refractivity contribution in [2.75, 3.05) is 32.1 Å². The molecule has 4 heteroatoms. The van der Waals surface area contributed by atoms with Crippen molar-refractivity contribution in [1.29, 1.82) is 5.26 Å². The molecule has 1 aromatic heterocycles. The van der Waals surface area contributed by atoms with E-state index in [9.17, 15) is 5.26 Å². The zero-order valence-corrected chi connectivity index (χ0v) is 11.9. The van der Waals surface area contributed by atoms with Crippen molar-refractivity contribution in [3.8, 4) is 6.07 Å². The Kier molecular flexibility index (Phi) is 3.29. The summed E-state index contributed by atoms with van der Waals surface area (Å²) in [5.41, 5.74) is 2.67. The van der Waals surface area contributed by atoms with Crippen molar-refractivity contribution in [1.82, 2.24) is 9.88 Å². The summed E-state index contributed by atoms with van der Waals surface area (Å²) in [5, 5.41) is 10.5. The highest BCUT2D eigenvalue weighted by Gasteiger charge is 2.27. The van der Waals surface area contributed by atoms with Gasteiger partial charge in [0.25, 0.3) is 0 Å². The van der Waals surface area contributed by atoms with Crippen molar-refractivity contribution in [2.24, 2.45) is 0 Å². The lowest BCUT2D eigenvalue weighted by atomic mass is 10.1. The quantitative estimate of drug-likeness (QED) is 0.836. The van der Waals surface area contributed by atoms with Gasteiger partial charge in [0, 0.05) is 30.7 Å². The molecule has 2 heterocycles. The fraction of sp³-hybridized carbons (Fsp3) is 0.375. The number of rotatable bonds is 2. The van der Waals surface area contributed by atoms with Crippen LogP contribution in [0.15, 0.2) is 30.5 Å². The Hall–Kier alpha value is -2.12. The van der Waals surface area contributed by atoms with Gasteiger partial charge < -0.3 is 9.80 Å². The van der Waals surface area contributed by atoms with Crippen molar-refractivity contribution in [3.05, 3.63) is 36.0 Å². The predicted octanol–water partition coefficient (Wildman–Crippen LogP) is 2.25. The van der Waals surface area contributed by atoms with Gasteiger partial charge in [0.1, 0.15) is 6.07 Å². The fourth-order valence-corrected chi connectivity index (χ4v) is 2.92. The third-order valence-corrected chi connectivity index (χ3v) is 4.08. The highest BCUT2D eigenvalue weighted by atomic mass is 15.2. The molecule has 0 bridgehead atoms. The molecule has 0 aliphatic carbocycles. The first-order valence-electron chi connectivity index (χ1n) is 6.90. The van der Waals surface area contributed by atoms with E-state index < -0.39 is 0 Å². The molecule has 1 aliphatic heterocycles. The molecule has 4 nitrogen and oxygen atoms in total. The molecule has 20 heavy (non-hydrogen) atoms. The van der Waals surface area contributed by atoms with E-state index in [0.29, 0.717) is 11.6 Å². The number of pyridine rings is 1. The Balaban J connectivity index is 2.08. The Morgan fingerprint density at radius 2 is 2.15 bits per heavy atom. The van der Waals surface area contributed by atoms with Crippen LogP contribution in [0.3, 0.4) is 0 Å². The summed E-state index contributed by atoms with van der Waals surface area (Å²) < 4.78 is 0. The van der Waals surface area contributed by atoms with Crippen LogP contribution < -0.4 is 4.90 Å². The summed E-state index contributed by atoms with van der Waals surface area (Å²) in [6.45, 7) is 1.96. The van der Waals surface area contributed by atoms with Crippen molar-refractivity contribution >= 4 is 16.6 Å². The largest absolute Gasteiger partial charge is 0.368 e. The second kappa shape index (κ2) is 5.10. The molecule has 2 aromatic rings. The Morgan fingerprint density at radius 1 is 1.35 bits per heavy atom. The Bertz CT molecular complexity index is 672. The van der Waals surface area contributed by atoms with Gasteiger partial charge in [0.05, 0.1) is 16.8 Å². The Morgan fingerprint density at radius 3 is 2.85 bits per heavy atom. The number of benzene rings is 1. The average molecular weight is 266 g/mol. The van der Waals surface area contributed by atoms with Crippen LogP contribution in [0.2, 0.25) is 0 Å². The minimum atomic E-state index is 0.550. The molecule has 3 rings (SSSR count). The van der Waals surface area contributed by atoms with Gasteiger partial charge in [-0.2, -0.15) is 5.26 Å². The first-order valence-corrected chi connectivity index (χ1v) is 6.90. The molecule has 1 saturated heterocycles. The number of fused-ring (bicyclic) bond motifs is 1. The molecule has 1 aromatic carbocycles. The topological polar surface area (TPSA) is 43.2 Å². The number of para-hydroxylation sites is 1. The van der Waals surface area contributed by atoms with Gasteiger partial charge >= 0.3 is 0 Å². The van der Waals surface area contributed by atoms with Gasteiger partial charge in [-0.1, -0.05) is 18.2 Å². The lowest BCUT2D eigenvalue weighted by molar-refractivity contribution is 0.315. The van der Waals surface area contributed by atoms with Crippen LogP contribution >= 0.6 is 0 Å². The number of nitrogens with zero attached hydrogens (tertiary/aromatic N) is 4. The number of likely N-dealkylation sites (N-methyl/N-ethyl adjacent to an activating group) is 1. The second-order valence-electron chi connectivity index (χ2n) is 5.50. The van der Waals surface area contributed by atoms with Gasteiger partial charge in [-0.3, -0.25) is 4.98 Å². The molecule has 1 atom stereocenters. The number of hydrogen-bond acceptors (Lipinski definition) is 4. The van der Waals surface area contributed by atoms with E-state index in [0.717, 1.165) is 36.1 Å². The molecule has 1 unspecified atom stereocenters. The van der Waals surface area contributed by atoms with Gasteiger partial charge in [-0.15, -0.1) is 0 Å². The number of anilines is 1. The zero-order valence-electron chi connectivity index (χ0n) is 11.9. The average Bonchev–Trinajstić information content (AvgIpc) is 2.95. The highest BCUT2D eigenvalue weighted by molar-refractivity contribution is 5.94. The molecular formula is C16H18N4. The lowest BCUT2D eigenvalue weighted by Gasteiger charge is -2.23. The first kappa shape index (κ1) is 12.9. The summed E-state index contributed by atoms with van der Waals surface area (Å²) in [6, 6.07) is 10.9. The van der Waals surface area contributed by atoms with Crippen LogP contribution in [0.5, 0.6) is 0 Å². The fourth-order valence-electron chi connectivity index (χ4n) is 2.92. The molecule has 0 radical (unpaired) electrons. The van der Waals surface area contributed by atoms with Crippen LogP contribution in [0, 0.1) is 11.3 Å². The summed E-state index contributed by atoms with van der Waals surface area (Å²) in [6.07, 6.45) is 2.83. The molecule has 0 amide bonds. The van der Waals surface area contributed by atoms with E-state index >= 15 is 0 Å². The molecule has 0 N–H and O–H groups in total. The van der Waals surface area contributed by atoms with Gasteiger partial charge in [0.15, 0.2) is 0 Å². The van der Waals surface area contributed by atoms with E-state index in [1.807, 2.05) is 18.2 Å². The number of hydrogen-bond donors (Lipinski definition) is 0. The third-order valence-electron chi connectivity index (χ3n) is 4.08. The molecule has 1 aliphatic rings. The standard InChI is InChI=1S/C16H18N4/c1-19(2)13-7-8-20(11-13)16-12(9-17)10-18-15-6-4-3-5-14(15)16/h3-6,10,13H,7-8,11H2,1-2H3. The van der Waals surface area contributed by atoms with E-state index in [1.165, 1.54) is 0 Å².